The monoisotopic (exact) mass is 370 g/mol. The van der Waals surface area contributed by atoms with Crippen LogP contribution in [-0.2, 0) is 6.54 Å². The van der Waals surface area contributed by atoms with Gasteiger partial charge < -0.3 is 10.2 Å². The van der Waals surface area contributed by atoms with E-state index in [0.29, 0.717) is 12.1 Å². The van der Waals surface area contributed by atoms with E-state index < -0.39 is 0 Å². The summed E-state index contributed by atoms with van der Waals surface area (Å²) in [5.41, 5.74) is 2.21. The summed E-state index contributed by atoms with van der Waals surface area (Å²) in [6, 6.07) is 9.63. The zero-order valence-electron chi connectivity index (χ0n) is 16.7. The van der Waals surface area contributed by atoms with Gasteiger partial charge in [0.25, 0.3) is 0 Å². The maximum absolute atomic E-state index is 12.6. The van der Waals surface area contributed by atoms with Gasteiger partial charge in [-0.3, -0.25) is 9.80 Å². The summed E-state index contributed by atoms with van der Waals surface area (Å²) in [7, 11) is 0. The molecular weight excluding hydrogens is 336 g/mol. The van der Waals surface area contributed by atoms with Crippen LogP contribution >= 0.6 is 0 Å². The molecule has 0 spiro atoms. The average Bonchev–Trinajstić information content (AvgIpc) is 2.63. The predicted molar refractivity (Wildman–Crippen MR) is 110 cm³/mol. The van der Waals surface area contributed by atoms with Gasteiger partial charge in [0.2, 0.25) is 0 Å². The minimum Gasteiger partial charge on any atom is -0.321 e. The molecule has 0 aliphatic carbocycles. The second-order valence-electron chi connectivity index (χ2n) is 8.61. The molecule has 3 saturated heterocycles. The first-order valence-corrected chi connectivity index (χ1v) is 10.8. The van der Waals surface area contributed by atoms with Crippen LogP contribution in [0.15, 0.2) is 24.3 Å². The molecule has 3 heterocycles. The molecule has 0 radical (unpaired) electrons. The van der Waals surface area contributed by atoms with E-state index in [-0.39, 0.29) is 6.03 Å². The number of carbonyl (C=O) groups excluding carboxylic acids is 1. The topological polar surface area (TPSA) is 38.8 Å². The highest BCUT2D eigenvalue weighted by Crippen LogP contribution is 2.25. The number of piperidine rings is 2. The highest BCUT2D eigenvalue weighted by molar-refractivity contribution is 5.90. The summed E-state index contributed by atoms with van der Waals surface area (Å²) in [4.78, 5) is 19.7. The van der Waals surface area contributed by atoms with E-state index in [1.807, 2.05) is 11.0 Å². The number of nitrogens with one attached hydrogen (secondary N) is 1. The normalized spacial score (nSPS) is 25.2. The Morgan fingerprint density at radius 2 is 1.85 bits per heavy atom. The first-order chi connectivity index (χ1) is 13.2. The van der Waals surface area contributed by atoms with Crippen LogP contribution in [-0.4, -0.2) is 65.5 Å². The zero-order valence-corrected chi connectivity index (χ0v) is 16.7. The Bertz CT molecular complexity index is 637. The Morgan fingerprint density at radius 1 is 1.07 bits per heavy atom. The molecule has 1 aromatic rings. The quantitative estimate of drug-likeness (QED) is 0.877. The molecule has 27 heavy (non-hydrogen) atoms. The van der Waals surface area contributed by atoms with E-state index in [4.69, 9.17) is 0 Å². The highest BCUT2D eigenvalue weighted by Gasteiger charge is 2.37. The molecule has 1 atom stereocenters. The predicted octanol–water partition coefficient (Wildman–Crippen LogP) is 3.76. The van der Waals surface area contributed by atoms with Crippen molar-refractivity contribution in [3.8, 4) is 0 Å². The lowest BCUT2D eigenvalue weighted by Crippen LogP contribution is -2.64. The lowest BCUT2D eigenvalue weighted by atomic mass is 9.98. The third kappa shape index (κ3) is 4.64. The van der Waals surface area contributed by atoms with E-state index in [9.17, 15) is 4.79 Å². The number of carbonyl (C=O) groups is 1. The van der Waals surface area contributed by atoms with Gasteiger partial charge in [-0.15, -0.1) is 0 Å². The molecule has 0 unspecified atom stereocenters. The largest absolute Gasteiger partial charge is 0.321 e. The van der Waals surface area contributed by atoms with Gasteiger partial charge in [-0.1, -0.05) is 25.0 Å². The van der Waals surface area contributed by atoms with Crippen LogP contribution in [0, 0.1) is 0 Å². The number of nitrogens with zero attached hydrogens (tertiary/aromatic N) is 3. The smallest absolute Gasteiger partial charge is 0.321 e. The number of urea groups is 1. The lowest BCUT2D eigenvalue weighted by Gasteiger charge is -2.49. The molecule has 3 aliphatic rings. The van der Waals surface area contributed by atoms with E-state index >= 15 is 0 Å². The fraction of sp³-hybridized carbons (Fsp3) is 0.682. The second-order valence-corrected chi connectivity index (χ2v) is 8.61. The second kappa shape index (κ2) is 8.61. The van der Waals surface area contributed by atoms with E-state index in [0.717, 1.165) is 25.3 Å². The lowest BCUT2D eigenvalue weighted by molar-refractivity contribution is 0.0199. The fourth-order valence-electron chi connectivity index (χ4n) is 4.82. The minimum absolute atomic E-state index is 0.0473. The number of hydrogen-bond acceptors (Lipinski definition) is 3. The number of amides is 2. The van der Waals surface area contributed by atoms with Crippen molar-refractivity contribution in [1.29, 1.82) is 0 Å². The van der Waals surface area contributed by atoms with Crippen LogP contribution in [0.1, 0.15) is 51.0 Å². The fourth-order valence-corrected chi connectivity index (χ4v) is 4.82. The third-order valence-electron chi connectivity index (χ3n) is 6.51. The molecule has 3 fully saturated rings. The number of rotatable bonds is 4. The third-order valence-corrected chi connectivity index (χ3v) is 6.51. The van der Waals surface area contributed by atoms with Gasteiger partial charge in [0.05, 0.1) is 0 Å². The summed E-state index contributed by atoms with van der Waals surface area (Å²) in [6.07, 6.45) is 7.93. The van der Waals surface area contributed by atoms with Crippen LogP contribution in [0.3, 0.4) is 0 Å². The van der Waals surface area contributed by atoms with Crippen molar-refractivity contribution < 1.29 is 4.79 Å². The van der Waals surface area contributed by atoms with E-state index in [1.54, 1.807) is 0 Å². The molecule has 4 rings (SSSR count). The summed E-state index contributed by atoms with van der Waals surface area (Å²) in [5, 5.41) is 3.11. The Morgan fingerprint density at radius 3 is 2.63 bits per heavy atom. The van der Waals surface area contributed by atoms with Crippen molar-refractivity contribution in [2.24, 2.45) is 0 Å². The van der Waals surface area contributed by atoms with Crippen LogP contribution in [0.4, 0.5) is 10.5 Å². The molecule has 0 bridgehead atoms. The zero-order chi connectivity index (χ0) is 18.6. The number of hydrogen-bond donors (Lipinski definition) is 1. The van der Waals surface area contributed by atoms with Gasteiger partial charge in [-0.2, -0.15) is 0 Å². The molecule has 1 aromatic carbocycles. The van der Waals surface area contributed by atoms with Crippen molar-refractivity contribution in [1.82, 2.24) is 14.7 Å². The number of benzene rings is 1. The summed E-state index contributed by atoms with van der Waals surface area (Å²) < 4.78 is 0. The molecule has 0 saturated carbocycles. The Hall–Kier alpha value is -1.59. The maximum Gasteiger partial charge on any atom is 0.321 e. The molecule has 1 N–H and O–H groups in total. The average molecular weight is 371 g/mol. The van der Waals surface area contributed by atoms with Crippen LogP contribution in [0.2, 0.25) is 0 Å². The van der Waals surface area contributed by atoms with Crippen molar-refractivity contribution in [3.63, 3.8) is 0 Å². The molecule has 3 aliphatic heterocycles. The Balaban J connectivity index is 1.27. The summed E-state index contributed by atoms with van der Waals surface area (Å²) in [6.45, 7) is 8.63. The van der Waals surface area contributed by atoms with Gasteiger partial charge in [0.1, 0.15) is 0 Å². The molecule has 148 valence electrons. The first kappa shape index (κ1) is 18.8. The van der Waals surface area contributed by atoms with E-state index in [2.05, 4.69) is 40.2 Å². The number of likely N-dealkylation sites (tertiary alicyclic amines) is 3. The molecular formula is C22H34N4O. The summed E-state index contributed by atoms with van der Waals surface area (Å²) in [5.74, 6) is 0. The van der Waals surface area contributed by atoms with Crippen molar-refractivity contribution in [2.75, 3.05) is 38.0 Å². The standard InChI is InChI=1S/C22H34N4O/c1-18-8-3-6-13-26(18)21-16-25(17-21)22(27)23-20-10-7-9-19(14-20)15-24-11-4-2-5-12-24/h7,9-10,14,18,21H,2-6,8,11-13,15-17H2,1H3,(H,23,27)/t18-/m0/s1. The Kier molecular flexibility index (Phi) is 5.98. The Labute approximate surface area is 163 Å². The first-order valence-electron chi connectivity index (χ1n) is 10.8. The maximum atomic E-state index is 12.6. The van der Waals surface area contributed by atoms with Gasteiger partial charge in [-0.05, 0) is 69.9 Å². The van der Waals surface area contributed by atoms with Crippen LogP contribution < -0.4 is 5.32 Å². The highest BCUT2D eigenvalue weighted by atomic mass is 16.2. The van der Waals surface area contributed by atoms with Crippen molar-refractivity contribution in [3.05, 3.63) is 29.8 Å². The van der Waals surface area contributed by atoms with E-state index in [1.165, 1.54) is 63.7 Å². The SMILES string of the molecule is C[C@H]1CCCCN1C1CN(C(=O)Nc2cccc(CN3CCCCC3)c2)C1. The number of anilines is 1. The van der Waals surface area contributed by atoms with Gasteiger partial charge in [-0.25, -0.2) is 4.79 Å². The molecule has 5 heteroatoms. The van der Waals surface area contributed by atoms with Crippen molar-refractivity contribution in [2.45, 2.75) is 64.1 Å². The van der Waals surface area contributed by atoms with Crippen LogP contribution in [0.25, 0.3) is 0 Å². The van der Waals surface area contributed by atoms with Crippen LogP contribution in [0.5, 0.6) is 0 Å². The molecule has 0 aromatic heterocycles. The van der Waals surface area contributed by atoms with Gasteiger partial charge >= 0.3 is 6.03 Å². The molecule has 5 nitrogen and oxygen atoms in total. The summed E-state index contributed by atoms with van der Waals surface area (Å²) >= 11 is 0. The van der Waals surface area contributed by atoms with Crippen molar-refractivity contribution >= 4 is 11.7 Å². The van der Waals surface area contributed by atoms with Gasteiger partial charge in [0.15, 0.2) is 0 Å². The van der Waals surface area contributed by atoms with Gasteiger partial charge in [0, 0.05) is 37.4 Å². The molecule has 2 amide bonds. The minimum atomic E-state index is 0.0473.